The third-order valence-electron chi connectivity index (χ3n) is 3.71. The lowest BCUT2D eigenvalue weighted by Crippen LogP contribution is -2.25. The maximum atomic E-state index is 13.2. The van der Waals surface area contributed by atoms with E-state index < -0.39 is 0 Å². The molecule has 0 aliphatic heterocycles. The predicted molar refractivity (Wildman–Crippen MR) is 87.4 cm³/mol. The van der Waals surface area contributed by atoms with E-state index in [1.807, 2.05) is 6.07 Å². The van der Waals surface area contributed by atoms with Crippen LogP contribution in [0.2, 0.25) is 0 Å². The van der Waals surface area contributed by atoms with Gasteiger partial charge in [-0.05, 0) is 29.8 Å². The molecule has 0 N–H and O–H groups in total. The van der Waals surface area contributed by atoms with Crippen molar-refractivity contribution in [1.29, 1.82) is 5.26 Å². The Morgan fingerprint density at radius 1 is 1.12 bits per heavy atom. The Labute approximate surface area is 137 Å². The Morgan fingerprint density at radius 3 is 2.42 bits per heavy atom. The number of nitriles is 1. The Hall–Kier alpha value is -3.33. The molecule has 5 nitrogen and oxygen atoms in total. The Morgan fingerprint density at radius 2 is 1.79 bits per heavy atom. The summed E-state index contributed by atoms with van der Waals surface area (Å²) >= 11 is 0. The van der Waals surface area contributed by atoms with Crippen molar-refractivity contribution in [2.24, 2.45) is 7.05 Å². The van der Waals surface area contributed by atoms with E-state index in [1.54, 1.807) is 43.7 Å². The van der Waals surface area contributed by atoms with Crippen molar-refractivity contribution in [3.8, 4) is 28.5 Å². The zero-order valence-electron chi connectivity index (χ0n) is 12.9. The number of pyridine rings is 1. The van der Waals surface area contributed by atoms with Gasteiger partial charge in [0.15, 0.2) is 0 Å². The van der Waals surface area contributed by atoms with Gasteiger partial charge < -0.3 is 0 Å². The molecule has 24 heavy (non-hydrogen) atoms. The fraction of sp³-hybridized carbons (Fsp3) is 0.111. The van der Waals surface area contributed by atoms with E-state index in [9.17, 15) is 9.18 Å². The van der Waals surface area contributed by atoms with Crippen LogP contribution in [0, 0.1) is 17.1 Å². The molecule has 2 heterocycles. The molecule has 0 unspecified atom stereocenters. The van der Waals surface area contributed by atoms with Crippen molar-refractivity contribution in [2.45, 2.75) is 6.42 Å². The lowest BCUT2D eigenvalue weighted by atomic mass is 10.0. The second-order valence-corrected chi connectivity index (χ2v) is 5.19. The molecule has 0 amide bonds. The van der Waals surface area contributed by atoms with Crippen molar-refractivity contribution < 1.29 is 4.39 Å². The summed E-state index contributed by atoms with van der Waals surface area (Å²) < 4.78 is 14.6. The van der Waals surface area contributed by atoms with Gasteiger partial charge in [-0.25, -0.2) is 9.37 Å². The fourth-order valence-electron chi connectivity index (χ4n) is 2.47. The van der Waals surface area contributed by atoms with Crippen LogP contribution in [-0.2, 0) is 13.5 Å². The van der Waals surface area contributed by atoms with Gasteiger partial charge in [-0.2, -0.15) is 5.26 Å². The lowest BCUT2D eigenvalue weighted by Gasteiger charge is -2.13. The van der Waals surface area contributed by atoms with Crippen LogP contribution < -0.4 is 5.56 Å². The third kappa shape index (κ3) is 2.79. The third-order valence-corrected chi connectivity index (χ3v) is 3.71. The van der Waals surface area contributed by atoms with Crippen molar-refractivity contribution in [3.05, 3.63) is 70.8 Å². The SMILES string of the molecule is Cn1c(CC#N)nc(-c2ccncc2)c(-c2ccc(F)cc2)c1=O. The summed E-state index contributed by atoms with van der Waals surface area (Å²) in [5, 5.41) is 8.96. The second kappa shape index (κ2) is 6.42. The van der Waals surface area contributed by atoms with Crippen LogP contribution in [-0.4, -0.2) is 14.5 Å². The molecular formula is C18H13FN4O. The topological polar surface area (TPSA) is 71.6 Å². The van der Waals surface area contributed by atoms with Gasteiger partial charge in [0.25, 0.3) is 5.56 Å². The summed E-state index contributed by atoms with van der Waals surface area (Å²) in [6.07, 6.45) is 3.23. The first-order valence-electron chi connectivity index (χ1n) is 7.25. The van der Waals surface area contributed by atoms with Gasteiger partial charge in [-0.3, -0.25) is 14.3 Å². The van der Waals surface area contributed by atoms with E-state index >= 15 is 0 Å². The molecular weight excluding hydrogens is 307 g/mol. The van der Waals surface area contributed by atoms with Crippen molar-refractivity contribution >= 4 is 0 Å². The second-order valence-electron chi connectivity index (χ2n) is 5.19. The zero-order valence-corrected chi connectivity index (χ0v) is 12.9. The first-order valence-corrected chi connectivity index (χ1v) is 7.25. The summed E-state index contributed by atoms with van der Waals surface area (Å²) in [5.41, 5.74) is 1.82. The average molecular weight is 320 g/mol. The highest BCUT2D eigenvalue weighted by Gasteiger charge is 2.17. The maximum Gasteiger partial charge on any atom is 0.261 e. The van der Waals surface area contributed by atoms with Crippen LogP contribution in [0.3, 0.4) is 0 Å². The predicted octanol–water partition coefficient (Wildman–Crippen LogP) is 2.71. The molecule has 0 aliphatic carbocycles. The molecule has 0 bridgehead atoms. The van der Waals surface area contributed by atoms with Crippen molar-refractivity contribution in [2.75, 3.05) is 0 Å². The van der Waals surface area contributed by atoms with Gasteiger partial charge in [0, 0.05) is 25.0 Å². The van der Waals surface area contributed by atoms with Crippen LogP contribution in [0.4, 0.5) is 4.39 Å². The highest BCUT2D eigenvalue weighted by Crippen LogP contribution is 2.27. The fourth-order valence-corrected chi connectivity index (χ4v) is 2.47. The van der Waals surface area contributed by atoms with Crippen molar-refractivity contribution in [1.82, 2.24) is 14.5 Å². The molecule has 2 aromatic heterocycles. The van der Waals surface area contributed by atoms with Gasteiger partial charge in [0.05, 0.1) is 23.7 Å². The first-order chi connectivity index (χ1) is 11.6. The minimum Gasteiger partial charge on any atom is -0.298 e. The molecule has 0 atom stereocenters. The molecule has 0 fully saturated rings. The van der Waals surface area contributed by atoms with E-state index in [0.29, 0.717) is 28.2 Å². The molecule has 0 aliphatic rings. The Bertz CT molecular complexity index is 973. The summed E-state index contributed by atoms with van der Waals surface area (Å²) in [6.45, 7) is 0. The minimum absolute atomic E-state index is 0.0214. The van der Waals surface area contributed by atoms with Gasteiger partial charge in [-0.1, -0.05) is 12.1 Å². The molecule has 0 radical (unpaired) electrons. The number of halogens is 1. The number of aromatic nitrogens is 3. The smallest absolute Gasteiger partial charge is 0.261 e. The normalized spacial score (nSPS) is 10.4. The first kappa shape index (κ1) is 15.6. The minimum atomic E-state index is -0.380. The van der Waals surface area contributed by atoms with Crippen LogP contribution in [0.1, 0.15) is 5.82 Å². The number of rotatable bonds is 3. The molecule has 3 rings (SSSR count). The molecule has 1 aromatic carbocycles. The molecule has 118 valence electrons. The van der Waals surface area contributed by atoms with Gasteiger partial charge in [-0.15, -0.1) is 0 Å². The van der Waals surface area contributed by atoms with Crippen LogP contribution >= 0.6 is 0 Å². The molecule has 0 spiro atoms. The van der Waals surface area contributed by atoms with Gasteiger partial charge in [0.1, 0.15) is 11.6 Å². The van der Waals surface area contributed by atoms with E-state index in [0.717, 1.165) is 0 Å². The van der Waals surface area contributed by atoms with Gasteiger partial charge in [0.2, 0.25) is 0 Å². The zero-order chi connectivity index (χ0) is 17.1. The summed E-state index contributed by atoms with van der Waals surface area (Å²) in [7, 11) is 1.57. The van der Waals surface area contributed by atoms with Crippen LogP contribution in [0.15, 0.2) is 53.6 Å². The van der Waals surface area contributed by atoms with E-state index in [2.05, 4.69) is 9.97 Å². The molecule has 0 saturated carbocycles. The highest BCUT2D eigenvalue weighted by molar-refractivity contribution is 5.79. The lowest BCUT2D eigenvalue weighted by molar-refractivity contribution is 0.628. The van der Waals surface area contributed by atoms with E-state index in [4.69, 9.17) is 5.26 Å². The largest absolute Gasteiger partial charge is 0.298 e. The van der Waals surface area contributed by atoms with E-state index in [-0.39, 0.29) is 17.8 Å². The monoisotopic (exact) mass is 320 g/mol. The summed E-state index contributed by atoms with van der Waals surface area (Å²) in [6, 6.07) is 11.2. The summed E-state index contributed by atoms with van der Waals surface area (Å²) in [4.78, 5) is 21.3. The molecule has 3 aromatic rings. The van der Waals surface area contributed by atoms with Crippen LogP contribution in [0.25, 0.3) is 22.4 Å². The Balaban J connectivity index is 2.34. The molecule has 6 heteroatoms. The number of nitrogens with zero attached hydrogens (tertiary/aromatic N) is 4. The number of benzene rings is 1. The maximum absolute atomic E-state index is 13.2. The summed E-state index contributed by atoms with van der Waals surface area (Å²) in [5.74, 6) is -0.00438. The standard InChI is InChI=1S/C18H13FN4O/c1-23-15(6-9-20)22-17(13-7-10-21-11-8-13)16(18(23)24)12-2-4-14(19)5-3-12/h2-5,7-8,10-11H,6H2,1H3. The number of hydrogen-bond acceptors (Lipinski definition) is 4. The van der Waals surface area contributed by atoms with Crippen molar-refractivity contribution in [3.63, 3.8) is 0 Å². The Kier molecular flexibility index (Phi) is 4.17. The van der Waals surface area contributed by atoms with Crippen LogP contribution in [0.5, 0.6) is 0 Å². The highest BCUT2D eigenvalue weighted by atomic mass is 19.1. The quantitative estimate of drug-likeness (QED) is 0.744. The average Bonchev–Trinajstić information content (AvgIpc) is 2.61. The van der Waals surface area contributed by atoms with E-state index in [1.165, 1.54) is 16.7 Å². The van der Waals surface area contributed by atoms with Gasteiger partial charge >= 0.3 is 0 Å². The number of hydrogen-bond donors (Lipinski definition) is 0. The molecule has 0 saturated heterocycles.